The van der Waals surface area contributed by atoms with E-state index in [2.05, 4.69) is 19.1 Å². The lowest BCUT2D eigenvalue weighted by molar-refractivity contribution is -0.134. The highest BCUT2D eigenvalue weighted by Crippen LogP contribution is 2.49. The Morgan fingerprint density at radius 2 is 2.11 bits per heavy atom. The third-order valence-electron chi connectivity index (χ3n) is 4.69. The van der Waals surface area contributed by atoms with Gasteiger partial charge in [0, 0.05) is 12.5 Å². The van der Waals surface area contributed by atoms with Crippen LogP contribution in [0.5, 0.6) is 0 Å². The van der Waals surface area contributed by atoms with Crippen LogP contribution in [0.3, 0.4) is 0 Å². The third kappa shape index (κ3) is 2.27. The molecule has 1 aliphatic heterocycles. The number of nitrogens with zero attached hydrogens (tertiary/aromatic N) is 1. The summed E-state index contributed by atoms with van der Waals surface area (Å²) in [5, 5.41) is 9.45. The number of hydrogen-bond donors (Lipinski definition) is 1. The molecule has 0 bridgehead atoms. The summed E-state index contributed by atoms with van der Waals surface area (Å²) in [5.74, 6) is 1.20. The maximum absolute atomic E-state index is 12.5. The standard InChI is InChI=1S/C16H21NO2/c1-11-7-8-17(15(11)10-18)16(19)14-9-13(14)12-5-3-2-4-6-12/h2-6,11,13-15,18H,7-10H2,1H3. The van der Waals surface area contributed by atoms with Gasteiger partial charge in [-0.1, -0.05) is 37.3 Å². The number of carbonyl (C=O) groups excluding carboxylic acids is 1. The van der Waals surface area contributed by atoms with Crippen LogP contribution in [0.25, 0.3) is 0 Å². The van der Waals surface area contributed by atoms with Crippen LogP contribution >= 0.6 is 0 Å². The molecule has 4 unspecified atom stereocenters. The minimum absolute atomic E-state index is 0.0320. The highest BCUT2D eigenvalue weighted by molar-refractivity contribution is 5.83. The van der Waals surface area contributed by atoms with Gasteiger partial charge in [-0.3, -0.25) is 4.79 Å². The number of hydrogen-bond acceptors (Lipinski definition) is 2. The molecule has 1 heterocycles. The molecule has 1 saturated heterocycles. The monoisotopic (exact) mass is 259 g/mol. The summed E-state index contributed by atoms with van der Waals surface area (Å²) in [6.45, 7) is 3.02. The van der Waals surface area contributed by atoms with Crippen LogP contribution in [0.15, 0.2) is 30.3 Å². The molecule has 3 heteroatoms. The minimum Gasteiger partial charge on any atom is -0.394 e. The SMILES string of the molecule is CC1CCN(C(=O)C2CC2c2ccccc2)C1CO. The number of likely N-dealkylation sites (tertiary alicyclic amines) is 1. The first-order chi connectivity index (χ1) is 9.22. The summed E-state index contributed by atoms with van der Waals surface area (Å²) >= 11 is 0. The lowest BCUT2D eigenvalue weighted by atomic mass is 10.0. The molecule has 2 aliphatic rings. The molecule has 1 N–H and O–H groups in total. The summed E-state index contributed by atoms with van der Waals surface area (Å²) in [4.78, 5) is 14.4. The summed E-state index contributed by atoms with van der Waals surface area (Å²) < 4.78 is 0. The van der Waals surface area contributed by atoms with Gasteiger partial charge in [-0.25, -0.2) is 0 Å². The number of carbonyl (C=O) groups is 1. The average molecular weight is 259 g/mol. The molecule has 3 nitrogen and oxygen atoms in total. The molecule has 19 heavy (non-hydrogen) atoms. The molecule has 1 aliphatic carbocycles. The Kier molecular flexibility index (Phi) is 3.31. The second kappa shape index (κ2) is 4.97. The van der Waals surface area contributed by atoms with Crippen LogP contribution in [-0.2, 0) is 4.79 Å². The van der Waals surface area contributed by atoms with Gasteiger partial charge >= 0.3 is 0 Å². The predicted molar refractivity (Wildman–Crippen MR) is 73.7 cm³/mol. The first kappa shape index (κ1) is 12.7. The first-order valence-electron chi connectivity index (χ1n) is 7.18. The van der Waals surface area contributed by atoms with Crippen molar-refractivity contribution in [3.8, 4) is 0 Å². The predicted octanol–water partition coefficient (Wildman–Crippen LogP) is 2.02. The molecule has 1 aromatic rings. The molecule has 0 aromatic heterocycles. The molecule has 102 valence electrons. The van der Waals surface area contributed by atoms with E-state index >= 15 is 0 Å². The minimum atomic E-state index is 0.0320. The Bertz CT molecular complexity index is 459. The van der Waals surface area contributed by atoms with Crippen molar-refractivity contribution in [3.05, 3.63) is 35.9 Å². The highest BCUT2D eigenvalue weighted by atomic mass is 16.3. The van der Waals surface area contributed by atoms with E-state index in [-0.39, 0.29) is 24.5 Å². The van der Waals surface area contributed by atoms with Crippen molar-refractivity contribution in [2.75, 3.05) is 13.2 Å². The number of aliphatic hydroxyl groups is 1. The van der Waals surface area contributed by atoms with Crippen molar-refractivity contribution in [1.29, 1.82) is 0 Å². The lowest BCUT2D eigenvalue weighted by Crippen LogP contribution is -2.40. The van der Waals surface area contributed by atoms with Gasteiger partial charge in [0.1, 0.15) is 0 Å². The van der Waals surface area contributed by atoms with Gasteiger partial charge in [-0.2, -0.15) is 0 Å². The van der Waals surface area contributed by atoms with Crippen molar-refractivity contribution in [1.82, 2.24) is 4.90 Å². The summed E-state index contributed by atoms with van der Waals surface area (Å²) in [6, 6.07) is 10.3. The normalized spacial score (nSPS) is 33.5. The van der Waals surface area contributed by atoms with Gasteiger partial charge < -0.3 is 10.0 Å². The fourth-order valence-corrected chi connectivity index (χ4v) is 3.31. The van der Waals surface area contributed by atoms with Gasteiger partial charge in [0.05, 0.1) is 12.6 Å². The third-order valence-corrected chi connectivity index (χ3v) is 4.69. The molecule has 1 saturated carbocycles. The molecule has 1 amide bonds. The molecule has 2 fully saturated rings. The fourth-order valence-electron chi connectivity index (χ4n) is 3.31. The molecule has 4 atom stereocenters. The first-order valence-corrected chi connectivity index (χ1v) is 7.18. The van der Waals surface area contributed by atoms with E-state index in [0.29, 0.717) is 11.8 Å². The van der Waals surface area contributed by atoms with Crippen LogP contribution in [0, 0.1) is 11.8 Å². The molecule has 1 aromatic carbocycles. The van der Waals surface area contributed by atoms with E-state index in [9.17, 15) is 9.90 Å². The number of rotatable bonds is 3. The Morgan fingerprint density at radius 1 is 1.37 bits per heavy atom. The zero-order valence-electron chi connectivity index (χ0n) is 11.3. The second-order valence-corrected chi connectivity index (χ2v) is 5.91. The van der Waals surface area contributed by atoms with Crippen LogP contribution in [0.4, 0.5) is 0 Å². The molecule has 0 spiro atoms. The highest BCUT2D eigenvalue weighted by Gasteiger charge is 2.48. The molecular formula is C16H21NO2. The Labute approximate surface area is 114 Å². The molecule has 0 radical (unpaired) electrons. The van der Waals surface area contributed by atoms with Crippen molar-refractivity contribution in [2.24, 2.45) is 11.8 Å². The van der Waals surface area contributed by atoms with Crippen molar-refractivity contribution >= 4 is 5.91 Å². The van der Waals surface area contributed by atoms with Crippen LogP contribution in [0.1, 0.15) is 31.2 Å². The number of aliphatic hydroxyl groups excluding tert-OH is 1. The summed E-state index contributed by atoms with van der Waals surface area (Å²) in [6.07, 6.45) is 1.98. The van der Waals surface area contributed by atoms with Crippen LogP contribution in [0.2, 0.25) is 0 Å². The van der Waals surface area contributed by atoms with E-state index in [4.69, 9.17) is 0 Å². The van der Waals surface area contributed by atoms with E-state index in [0.717, 1.165) is 19.4 Å². The summed E-state index contributed by atoms with van der Waals surface area (Å²) in [7, 11) is 0. The van der Waals surface area contributed by atoms with Gasteiger partial charge in [0.15, 0.2) is 0 Å². The molecular weight excluding hydrogens is 238 g/mol. The van der Waals surface area contributed by atoms with Gasteiger partial charge in [0.2, 0.25) is 5.91 Å². The Hall–Kier alpha value is -1.35. The van der Waals surface area contributed by atoms with Gasteiger partial charge in [-0.15, -0.1) is 0 Å². The molecule has 3 rings (SSSR count). The van der Waals surface area contributed by atoms with E-state index in [1.807, 2.05) is 23.1 Å². The van der Waals surface area contributed by atoms with Crippen LogP contribution < -0.4 is 0 Å². The lowest BCUT2D eigenvalue weighted by Gasteiger charge is -2.25. The number of benzene rings is 1. The van der Waals surface area contributed by atoms with Gasteiger partial charge in [-0.05, 0) is 30.2 Å². The smallest absolute Gasteiger partial charge is 0.226 e. The quantitative estimate of drug-likeness (QED) is 0.902. The maximum Gasteiger partial charge on any atom is 0.226 e. The topological polar surface area (TPSA) is 40.5 Å². The van der Waals surface area contributed by atoms with E-state index in [1.54, 1.807) is 0 Å². The van der Waals surface area contributed by atoms with Crippen molar-refractivity contribution in [2.45, 2.75) is 31.7 Å². The zero-order valence-corrected chi connectivity index (χ0v) is 11.3. The zero-order chi connectivity index (χ0) is 13.4. The van der Waals surface area contributed by atoms with Crippen molar-refractivity contribution < 1.29 is 9.90 Å². The maximum atomic E-state index is 12.5. The fraction of sp³-hybridized carbons (Fsp3) is 0.562. The second-order valence-electron chi connectivity index (χ2n) is 5.91. The van der Waals surface area contributed by atoms with Gasteiger partial charge in [0.25, 0.3) is 0 Å². The van der Waals surface area contributed by atoms with E-state index < -0.39 is 0 Å². The Morgan fingerprint density at radius 3 is 2.79 bits per heavy atom. The summed E-state index contributed by atoms with van der Waals surface area (Å²) in [5.41, 5.74) is 1.27. The van der Waals surface area contributed by atoms with E-state index in [1.165, 1.54) is 5.56 Å². The van der Waals surface area contributed by atoms with Crippen molar-refractivity contribution in [3.63, 3.8) is 0 Å². The largest absolute Gasteiger partial charge is 0.394 e. The van der Waals surface area contributed by atoms with Crippen LogP contribution in [-0.4, -0.2) is 35.1 Å². The number of amides is 1. The Balaban J connectivity index is 1.67. The average Bonchev–Trinajstić information content (AvgIpc) is 3.16.